The normalized spacial score (nSPS) is 17.2. The molecule has 0 amide bonds. The summed E-state index contributed by atoms with van der Waals surface area (Å²) in [4.78, 5) is 36.4. The Hall–Kier alpha value is -3.07. The second-order valence-corrected chi connectivity index (χ2v) is 20.0. The van der Waals surface area contributed by atoms with Crippen molar-refractivity contribution in [3.63, 3.8) is 0 Å². The lowest BCUT2D eigenvalue weighted by Crippen LogP contribution is -2.25. The van der Waals surface area contributed by atoms with Gasteiger partial charge < -0.3 is 14.4 Å². The van der Waals surface area contributed by atoms with Crippen LogP contribution in [-0.2, 0) is 38.2 Å². The molecule has 4 heterocycles. The Morgan fingerprint density at radius 2 is 1.30 bits per heavy atom. The molecule has 4 aromatic rings. The van der Waals surface area contributed by atoms with Crippen molar-refractivity contribution in [1.82, 2.24) is 30.5 Å². The van der Waals surface area contributed by atoms with Gasteiger partial charge in [0, 0.05) is 45.7 Å². The highest BCUT2D eigenvalue weighted by Crippen LogP contribution is 2.35. The van der Waals surface area contributed by atoms with Gasteiger partial charge in [0.05, 0.1) is 6.61 Å². The van der Waals surface area contributed by atoms with Gasteiger partial charge in [0.1, 0.15) is 0 Å². The second-order valence-electron chi connectivity index (χ2n) is 16.6. The number of hydrogen-bond donors (Lipinski definition) is 1. The number of Topliss-reactive ketones (excluding diaryl/α,β-unsaturated/α-hetero) is 2. The third-order valence-corrected chi connectivity index (χ3v) is 11.9. The summed E-state index contributed by atoms with van der Waals surface area (Å²) in [5.74, 6) is 1.64. The van der Waals surface area contributed by atoms with Gasteiger partial charge >= 0.3 is 15.6 Å². The minimum absolute atomic E-state index is 0. The summed E-state index contributed by atoms with van der Waals surface area (Å²) in [5.41, 5.74) is -0.787. The molecule has 0 saturated heterocycles. The average Bonchev–Trinajstić information content (AvgIpc) is 3.79. The Labute approximate surface area is 378 Å². The highest BCUT2D eigenvalue weighted by molar-refractivity contribution is 9.10. The Kier molecular flexibility index (Phi) is 18.9. The molecule has 6 rings (SSSR count). The van der Waals surface area contributed by atoms with Crippen LogP contribution in [0.25, 0.3) is 0 Å². The molecule has 13 nitrogen and oxygen atoms in total. The maximum atomic E-state index is 12.8. The van der Waals surface area contributed by atoms with E-state index in [2.05, 4.69) is 104 Å². The minimum atomic E-state index is -5.35. The summed E-state index contributed by atoms with van der Waals surface area (Å²) in [6, 6.07) is 12.6. The number of rotatable bonds is 9. The average molecular weight is 1030 g/mol. The van der Waals surface area contributed by atoms with E-state index in [-0.39, 0.29) is 58.3 Å². The number of nitrogens with zero attached hydrogens (tertiary/aromatic N) is 5. The van der Waals surface area contributed by atoms with Crippen LogP contribution in [0.1, 0.15) is 148 Å². The fourth-order valence-electron chi connectivity index (χ4n) is 6.53. The summed E-state index contributed by atoms with van der Waals surface area (Å²) >= 11 is 7.09. The Morgan fingerprint density at radius 1 is 0.820 bits per heavy atom. The first-order valence-corrected chi connectivity index (χ1v) is 22.6. The van der Waals surface area contributed by atoms with Crippen LogP contribution in [-0.4, -0.2) is 76.9 Å². The molecule has 2 aromatic heterocycles. The molecule has 1 N–H and O–H groups in total. The van der Waals surface area contributed by atoms with Crippen LogP contribution >= 0.6 is 44.3 Å². The largest absolute Gasteiger partial charge is 0.523 e. The molecule has 2 aliphatic rings. The van der Waals surface area contributed by atoms with Crippen molar-refractivity contribution in [1.29, 1.82) is 0 Å². The number of benzene rings is 2. The van der Waals surface area contributed by atoms with Gasteiger partial charge in [0.2, 0.25) is 35.0 Å². The second kappa shape index (κ2) is 22.0. The fourth-order valence-corrected chi connectivity index (χ4v) is 7.79. The van der Waals surface area contributed by atoms with E-state index >= 15 is 0 Å². The molecule has 0 spiro atoms. The summed E-state index contributed by atoms with van der Waals surface area (Å²) in [6.07, 6.45) is 2.69. The molecule has 20 heteroatoms. The molecule has 338 valence electrons. The van der Waals surface area contributed by atoms with E-state index in [1.54, 1.807) is 0 Å². The molecule has 0 bridgehead atoms. The molecule has 0 fully saturated rings. The molecular formula is C41H54Br2ClF3N6O7S. The maximum absolute atomic E-state index is 12.8. The lowest BCUT2D eigenvalue weighted by Gasteiger charge is -2.17. The molecule has 2 aromatic carbocycles. The molecule has 61 heavy (non-hydrogen) atoms. The van der Waals surface area contributed by atoms with Crippen molar-refractivity contribution in [3.8, 4) is 0 Å². The van der Waals surface area contributed by atoms with Crippen LogP contribution in [0.15, 0.2) is 54.4 Å². The standard InChI is InChI=1S/C20H26BrN3O2.C18H22BrN3O2.C3H5F3O3S.ClH/c1-5-24-9-8-13(16-7-6-15(21)10-14(16)12-24)11-17(25)18-22-19(26-23-18)20(2,3)4;1-18(2,3)17-21-16(22-24-17)15(23)9-11-6-7-20-10-12-8-13(19)4-5-14(11)12;1-2-9-10(7,8)3(4,5)6;/h6-7,10,13H,5,8-9,11-12H2,1-4H3;4-5,8,11,20H,6-7,9-10H2,1-3H3;2H2,1H3;1H/t13-;11-;;/m00../s1. The third kappa shape index (κ3) is 14.7. The van der Waals surface area contributed by atoms with Gasteiger partial charge in [-0.15, -0.1) is 12.4 Å². The SMILES string of the molecule is CC(C)(C)c1nc(C(=O)C[C@@H]2CCNCc3cc(Br)ccc32)no1.CCN1CC[C@@H](CC(=O)c2noc(C(C)(C)C)n2)c2ccc(Br)cc2C1.CCOS(=O)(=O)C(F)(F)F.Cl. The number of aromatic nitrogens is 4. The summed E-state index contributed by atoms with van der Waals surface area (Å²) < 4.78 is 69.8. The molecule has 0 saturated carbocycles. The zero-order valence-electron chi connectivity index (χ0n) is 35.5. The van der Waals surface area contributed by atoms with Crippen LogP contribution in [0.3, 0.4) is 0 Å². The third-order valence-electron chi connectivity index (χ3n) is 9.76. The van der Waals surface area contributed by atoms with Crippen molar-refractivity contribution >= 4 is 66.0 Å². The van der Waals surface area contributed by atoms with Crippen molar-refractivity contribution in [2.24, 2.45) is 0 Å². The first kappa shape index (κ1) is 52.3. The molecule has 0 radical (unpaired) electrons. The number of nitrogens with one attached hydrogen (secondary N) is 1. The Balaban J connectivity index is 0.000000264. The number of fused-ring (bicyclic) bond motifs is 2. The number of alkyl halides is 3. The van der Waals surface area contributed by atoms with Crippen molar-refractivity contribution < 1.29 is 44.4 Å². The molecule has 0 unspecified atom stereocenters. The predicted octanol–water partition coefficient (Wildman–Crippen LogP) is 9.99. The lowest BCUT2D eigenvalue weighted by atomic mass is 9.88. The molecule has 2 atom stereocenters. The molecular weight excluding hydrogens is 973 g/mol. The van der Waals surface area contributed by atoms with Crippen LogP contribution in [0.2, 0.25) is 0 Å². The number of carbonyl (C=O) groups excluding carboxylic acids is 2. The quantitative estimate of drug-likeness (QED) is 0.0956. The van der Waals surface area contributed by atoms with E-state index in [1.165, 1.54) is 22.3 Å². The van der Waals surface area contributed by atoms with Gasteiger partial charge in [0.15, 0.2) is 0 Å². The first-order chi connectivity index (χ1) is 27.9. The van der Waals surface area contributed by atoms with Gasteiger partial charge in [-0.3, -0.25) is 18.7 Å². The van der Waals surface area contributed by atoms with Crippen molar-refractivity contribution in [2.45, 2.75) is 122 Å². The van der Waals surface area contributed by atoms with E-state index < -0.39 is 22.2 Å². The van der Waals surface area contributed by atoms with E-state index in [9.17, 15) is 31.2 Å². The van der Waals surface area contributed by atoms with Crippen LogP contribution < -0.4 is 5.32 Å². The fraction of sp³-hybridized carbons (Fsp3) is 0.561. The monoisotopic (exact) mass is 1020 g/mol. The smallest absolute Gasteiger partial charge is 0.338 e. The minimum Gasteiger partial charge on any atom is -0.338 e. The predicted molar refractivity (Wildman–Crippen MR) is 233 cm³/mol. The lowest BCUT2D eigenvalue weighted by molar-refractivity contribution is -0.0539. The van der Waals surface area contributed by atoms with Gasteiger partial charge in [0.25, 0.3) is 0 Å². The zero-order valence-corrected chi connectivity index (χ0v) is 40.3. The van der Waals surface area contributed by atoms with E-state index in [0.29, 0.717) is 24.6 Å². The van der Waals surface area contributed by atoms with E-state index in [4.69, 9.17) is 9.05 Å². The number of halogens is 6. The van der Waals surface area contributed by atoms with Gasteiger partial charge in [-0.05, 0) is 97.8 Å². The topological polar surface area (TPSA) is 171 Å². The van der Waals surface area contributed by atoms with Crippen LogP contribution in [0.5, 0.6) is 0 Å². The van der Waals surface area contributed by atoms with Crippen molar-refractivity contribution in [2.75, 3.05) is 26.2 Å². The zero-order chi connectivity index (χ0) is 44.6. The van der Waals surface area contributed by atoms with Gasteiger partial charge in [-0.25, -0.2) is 0 Å². The first-order valence-electron chi connectivity index (χ1n) is 19.6. The van der Waals surface area contributed by atoms with Crippen LogP contribution in [0, 0.1) is 0 Å². The summed E-state index contributed by atoms with van der Waals surface area (Å²) in [5, 5.41) is 11.2. The Bertz CT molecular complexity index is 2210. The molecule has 2 aliphatic heterocycles. The number of carbonyl (C=O) groups is 2. The maximum Gasteiger partial charge on any atom is 0.523 e. The highest BCUT2D eigenvalue weighted by Gasteiger charge is 2.47. The van der Waals surface area contributed by atoms with Crippen molar-refractivity contribution in [3.05, 3.63) is 91.0 Å². The van der Waals surface area contributed by atoms with E-state index in [1.807, 2.05) is 47.6 Å². The van der Waals surface area contributed by atoms with E-state index in [0.717, 1.165) is 61.4 Å². The van der Waals surface area contributed by atoms with Gasteiger partial charge in [-0.1, -0.05) is 103 Å². The molecule has 0 aliphatic carbocycles. The summed E-state index contributed by atoms with van der Waals surface area (Å²) in [6.45, 7) is 19.4. The highest BCUT2D eigenvalue weighted by atomic mass is 79.9. The number of ketones is 2. The number of hydrogen-bond acceptors (Lipinski definition) is 13. The van der Waals surface area contributed by atoms with Gasteiger partial charge in [-0.2, -0.15) is 31.6 Å². The summed E-state index contributed by atoms with van der Waals surface area (Å²) in [7, 11) is -5.35. The Morgan fingerprint density at radius 3 is 1.72 bits per heavy atom. The van der Waals surface area contributed by atoms with Crippen LogP contribution in [0.4, 0.5) is 13.2 Å².